The first kappa shape index (κ1) is 13.5. The summed E-state index contributed by atoms with van der Waals surface area (Å²) in [5.41, 5.74) is 9.57. The van der Waals surface area contributed by atoms with Gasteiger partial charge in [0.05, 0.1) is 11.8 Å². The second-order valence-electron chi connectivity index (χ2n) is 5.50. The van der Waals surface area contributed by atoms with E-state index in [1.807, 2.05) is 31.4 Å². The van der Waals surface area contributed by atoms with Crippen LogP contribution in [-0.4, -0.2) is 14.5 Å². The van der Waals surface area contributed by atoms with Gasteiger partial charge in [-0.1, -0.05) is 0 Å². The minimum atomic E-state index is -0.323. The molecule has 0 atom stereocenters. The van der Waals surface area contributed by atoms with Gasteiger partial charge < -0.3 is 10.3 Å². The second-order valence-corrected chi connectivity index (χ2v) is 5.50. The van der Waals surface area contributed by atoms with E-state index in [9.17, 15) is 4.39 Å². The molecule has 0 radical (unpaired) electrons. The standard InChI is InChI=1S/C16H17FN4/c1-9(2)21-8-20-16-13(17)4-11(5-14(16)21)12-6-15(18)19-7-10(12)3/h4-9H,1-3H3,(H2,18,19). The number of imidazole rings is 1. The van der Waals surface area contributed by atoms with Crippen LogP contribution in [0.25, 0.3) is 22.2 Å². The molecule has 108 valence electrons. The highest BCUT2D eigenvalue weighted by molar-refractivity contribution is 5.84. The van der Waals surface area contributed by atoms with E-state index in [0.29, 0.717) is 11.3 Å². The maximum atomic E-state index is 14.3. The Labute approximate surface area is 122 Å². The fraction of sp³-hybridized carbons (Fsp3) is 0.250. The van der Waals surface area contributed by atoms with Gasteiger partial charge in [-0.15, -0.1) is 0 Å². The third-order valence-electron chi connectivity index (χ3n) is 3.62. The zero-order valence-corrected chi connectivity index (χ0v) is 12.3. The molecule has 21 heavy (non-hydrogen) atoms. The smallest absolute Gasteiger partial charge is 0.151 e. The van der Waals surface area contributed by atoms with E-state index in [-0.39, 0.29) is 11.9 Å². The highest BCUT2D eigenvalue weighted by Crippen LogP contribution is 2.30. The zero-order chi connectivity index (χ0) is 15.1. The van der Waals surface area contributed by atoms with Crippen molar-refractivity contribution in [2.45, 2.75) is 26.8 Å². The van der Waals surface area contributed by atoms with Gasteiger partial charge in [0, 0.05) is 12.2 Å². The largest absolute Gasteiger partial charge is 0.384 e. The van der Waals surface area contributed by atoms with Crippen LogP contribution in [0.1, 0.15) is 25.5 Å². The minimum absolute atomic E-state index is 0.216. The number of hydrogen-bond acceptors (Lipinski definition) is 3. The van der Waals surface area contributed by atoms with Gasteiger partial charge in [-0.05, 0) is 55.7 Å². The van der Waals surface area contributed by atoms with Gasteiger partial charge in [0.25, 0.3) is 0 Å². The number of anilines is 1. The van der Waals surface area contributed by atoms with E-state index in [2.05, 4.69) is 9.97 Å². The monoisotopic (exact) mass is 284 g/mol. The van der Waals surface area contributed by atoms with E-state index < -0.39 is 0 Å². The molecule has 0 aliphatic rings. The molecule has 0 unspecified atom stereocenters. The van der Waals surface area contributed by atoms with Gasteiger partial charge in [0.2, 0.25) is 0 Å². The van der Waals surface area contributed by atoms with Crippen molar-refractivity contribution in [3.8, 4) is 11.1 Å². The molecule has 0 fully saturated rings. The number of aromatic nitrogens is 3. The molecule has 0 spiro atoms. The van der Waals surface area contributed by atoms with Gasteiger partial charge in [0.15, 0.2) is 5.82 Å². The van der Waals surface area contributed by atoms with Crippen molar-refractivity contribution in [3.05, 3.63) is 42.1 Å². The molecule has 2 aromatic heterocycles. The molecule has 5 heteroatoms. The van der Waals surface area contributed by atoms with Crippen LogP contribution in [0.4, 0.5) is 10.2 Å². The molecule has 0 amide bonds. The lowest BCUT2D eigenvalue weighted by Crippen LogP contribution is -1.99. The number of nitrogens with zero attached hydrogens (tertiary/aromatic N) is 3. The summed E-state index contributed by atoms with van der Waals surface area (Å²) in [7, 11) is 0. The molecular weight excluding hydrogens is 267 g/mol. The third kappa shape index (κ3) is 2.24. The quantitative estimate of drug-likeness (QED) is 0.780. The van der Waals surface area contributed by atoms with E-state index >= 15 is 0 Å². The molecule has 3 aromatic rings. The Morgan fingerprint density at radius 2 is 1.95 bits per heavy atom. The number of hydrogen-bond donors (Lipinski definition) is 1. The number of rotatable bonds is 2. The summed E-state index contributed by atoms with van der Waals surface area (Å²) >= 11 is 0. The highest BCUT2D eigenvalue weighted by atomic mass is 19.1. The maximum absolute atomic E-state index is 14.3. The number of halogens is 1. The Morgan fingerprint density at radius 3 is 2.67 bits per heavy atom. The average Bonchev–Trinajstić information content (AvgIpc) is 2.86. The van der Waals surface area contributed by atoms with E-state index in [4.69, 9.17) is 5.73 Å². The molecular formula is C16H17FN4. The number of nitrogens with two attached hydrogens (primary N) is 1. The van der Waals surface area contributed by atoms with Gasteiger partial charge in [-0.2, -0.15) is 0 Å². The van der Waals surface area contributed by atoms with Crippen molar-refractivity contribution in [2.75, 3.05) is 5.73 Å². The Balaban J connectivity index is 2.28. The topological polar surface area (TPSA) is 56.7 Å². The molecule has 0 saturated heterocycles. The van der Waals surface area contributed by atoms with Crippen molar-refractivity contribution in [3.63, 3.8) is 0 Å². The fourth-order valence-corrected chi connectivity index (χ4v) is 2.51. The van der Waals surface area contributed by atoms with Gasteiger partial charge in [-0.25, -0.2) is 14.4 Å². The Kier molecular flexibility index (Phi) is 3.12. The van der Waals surface area contributed by atoms with E-state index in [1.54, 1.807) is 18.6 Å². The molecule has 2 heterocycles. The summed E-state index contributed by atoms with van der Waals surface area (Å²) in [5, 5.41) is 0. The summed E-state index contributed by atoms with van der Waals surface area (Å²) in [6.45, 7) is 6.02. The van der Waals surface area contributed by atoms with Gasteiger partial charge in [-0.3, -0.25) is 0 Å². The molecule has 0 aliphatic carbocycles. The van der Waals surface area contributed by atoms with E-state index in [0.717, 1.165) is 22.2 Å². The fourth-order valence-electron chi connectivity index (χ4n) is 2.51. The van der Waals surface area contributed by atoms with Gasteiger partial charge in [0.1, 0.15) is 11.3 Å². The van der Waals surface area contributed by atoms with Crippen molar-refractivity contribution < 1.29 is 4.39 Å². The Bertz CT molecular complexity index is 821. The zero-order valence-electron chi connectivity index (χ0n) is 12.3. The van der Waals surface area contributed by atoms with Crippen molar-refractivity contribution in [2.24, 2.45) is 0 Å². The van der Waals surface area contributed by atoms with Crippen LogP contribution in [0.5, 0.6) is 0 Å². The summed E-state index contributed by atoms with van der Waals surface area (Å²) in [4.78, 5) is 8.22. The molecule has 0 saturated carbocycles. The van der Waals surface area contributed by atoms with Crippen molar-refractivity contribution in [1.29, 1.82) is 0 Å². The number of nitrogen functional groups attached to an aromatic ring is 1. The Hall–Kier alpha value is -2.43. The predicted octanol–water partition coefficient (Wildman–Crippen LogP) is 3.71. The lowest BCUT2D eigenvalue weighted by atomic mass is 10.0. The van der Waals surface area contributed by atoms with Crippen LogP contribution in [0.2, 0.25) is 0 Å². The summed E-state index contributed by atoms with van der Waals surface area (Å²) in [6.07, 6.45) is 3.38. The first-order valence-electron chi connectivity index (χ1n) is 6.86. The lowest BCUT2D eigenvalue weighted by Gasteiger charge is -2.11. The van der Waals surface area contributed by atoms with Gasteiger partial charge >= 0.3 is 0 Å². The summed E-state index contributed by atoms with van der Waals surface area (Å²) in [5.74, 6) is 0.102. The van der Waals surface area contributed by atoms with Crippen LogP contribution in [0.3, 0.4) is 0 Å². The van der Waals surface area contributed by atoms with Crippen molar-refractivity contribution in [1.82, 2.24) is 14.5 Å². The SMILES string of the molecule is Cc1cnc(N)cc1-c1cc(F)c2ncn(C(C)C)c2c1. The normalized spacial score (nSPS) is 11.5. The number of fused-ring (bicyclic) bond motifs is 1. The first-order valence-corrected chi connectivity index (χ1v) is 6.86. The summed E-state index contributed by atoms with van der Waals surface area (Å²) < 4.78 is 16.3. The first-order chi connectivity index (χ1) is 9.97. The minimum Gasteiger partial charge on any atom is -0.384 e. The molecule has 0 bridgehead atoms. The van der Waals surface area contributed by atoms with Crippen LogP contribution in [0, 0.1) is 12.7 Å². The molecule has 3 rings (SSSR count). The Morgan fingerprint density at radius 1 is 1.19 bits per heavy atom. The molecule has 4 nitrogen and oxygen atoms in total. The highest BCUT2D eigenvalue weighted by Gasteiger charge is 2.13. The second kappa shape index (κ2) is 4.84. The number of pyridine rings is 1. The van der Waals surface area contributed by atoms with E-state index in [1.165, 1.54) is 6.07 Å². The number of benzene rings is 1. The molecule has 2 N–H and O–H groups in total. The molecule has 0 aliphatic heterocycles. The average molecular weight is 284 g/mol. The van der Waals surface area contributed by atoms with Crippen LogP contribution in [0.15, 0.2) is 30.7 Å². The van der Waals surface area contributed by atoms with Crippen LogP contribution in [-0.2, 0) is 0 Å². The van der Waals surface area contributed by atoms with Crippen LogP contribution < -0.4 is 5.73 Å². The lowest BCUT2D eigenvalue weighted by molar-refractivity contribution is 0.617. The molecule has 1 aromatic carbocycles. The predicted molar refractivity (Wildman–Crippen MR) is 82.5 cm³/mol. The number of aryl methyl sites for hydroxylation is 1. The van der Waals surface area contributed by atoms with Crippen LogP contribution >= 0.6 is 0 Å². The van der Waals surface area contributed by atoms with Crippen molar-refractivity contribution >= 4 is 16.9 Å². The maximum Gasteiger partial charge on any atom is 0.151 e. The third-order valence-corrected chi connectivity index (χ3v) is 3.62. The summed E-state index contributed by atoms with van der Waals surface area (Å²) in [6, 6.07) is 5.44.